The van der Waals surface area contributed by atoms with Crippen LogP contribution in [0.2, 0.25) is 0 Å². The number of rotatable bonds is 3. The number of likely N-dealkylation sites (tertiary alicyclic amines) is 1. The van der Waals surface area contributed by atoms with Crippen molar-refractivity contribution in [3.05, 3.63) is 28.5 Å². The summed E-state index contributed by atoms with van der Waals surface area (Å²) < 4.78 is 19.7. The molecule has 0 bridgehead atoms. The van der Waals surface area contributed by atoms with Gasteiger partial charge in [-0.05, 0) is 54.4 Å². The Kier molecular flexibility index (Phi) is 5.79. The van der Waals surface area contributed by atoms with Crippen molar-refractivity contribution >= 4 is 27.9 Å². The summed E-state index contributed by atoms with van der Waals surface area (Å²) >= 11 is 3.26. The van der Waals surface area contributed by atoms with Gasteiger partial charge in [0.05, 0.1) is 6.54 Å². The Balaban J connectivity index is 1.99. The number of nitrogens with one attached hydrogen (secondary N) is 1. The molecule has 8 heteroatoms. The van der Waals surface area contributed by atoms with Crippen LogP contribution in [-0.2, 0) is 16.1 Å². The molecule has 1 aliphatic heterocycles. The third-order valence-corrected chi connectivity index (χ3v) is 3.87. The third kappa shape index (κ3) is 5.15. The molecule has 132 valence electrons. The van der Waals surface area contributed by atoms with E-state index in [1.807, 2.05) is 0 Å². The summed E-state index contributed by atoms with van der Waals surface area (Å²) in [6.07, 6.45) is -0.311. The number of hydrogen-bond donors (Lipinski definition) is 1. The van der Waals surface area contributed by atoms with Gasteiger partial charge in [0.15, 0.2) is 0 Å². The van der Waals surface area contributed by atoms with E-state index in [4.69, 9.17) is 4.74 Å². The quantitative estimate of drug-likeness (QED) is 0.790. The summed E-state index contributed by atoms with van der Waals surface area (Å²) in [6.45, 7) is 5.32. The first-order chi connectivity index (χ1) is 11.2. The Bertz CT molecular complexity index is 621. The lowest BCUT2D eigenvalue weighted by Crippen LogP contribution is -2.47. The van der Waals surface area contributed by atoms with Crippen molar-refractivity contribution in [2.24, 2.45) is 0 Å². The van der Waals surface area contributed by atoms with Gasteiger partial charge in [-0.2, -0.15) is 0 Å². The largest absolute Gasteiger partial charge is 0.444 e. The van der Waals surface area contributed by atoms with Gasteiger partial charge in [-0.1, -0.05) is 0 Å². The van der Waals surface area contributed by atoms with Crippen LogP contribution in [0, 0.1) is 0 Å². The van der Waals surface area contributed by atoms with Gasteiger partial charge in [0.25, 0.3) is 0 Å². The number of nitrogens with zero attached hydrogens (tertiary/aromatic N) is 2. The minimum atomic E-state index is -1.23. The number of carbonyl (C=O) groups excluding carboxylic acids is 2. The number of ether oxygens (including phenoxy) is 1. The van der Waals surface area contributed by atoms with Crippen LogP contribution in [0.1, 0.15) is 32.8 Å². The highest BCUT2D eigenvalue weighted by atomic mass is 79.9. The fourth-order valence-corrected chi connectivity index (χ4v) is 2.83. The molecule has 0 aromatic carbocycles. The molecule has 1 N–H and O–H groups in total. The molecule has 2 atom stereocenters. The van der Waals surface area contributed by atoms with Crippen LogP contribution < -0.4 is 5.32 Å². The van der Waals surface area contributed by atoms with E-state index in [1.54, 1.807) is 39.1 Å². The summed E-state index contributed by atoms with van der Waals surface area (Å²) in [6, 6.07) is 2.68. The van der Waals surface area contributed by atoms with Gasteiger partial charge < -0.3 is 10.1 Å². The summed E-state index contributed by atoms with van der Waals surface area (Å²) in [5, 5.41) is 2.73. The second-order valence-electron chi connectivity index (χ2n) is 6.69. The highest BCUT2D eigenvalue weighted by Crippen LogP contribution is 2.23. The number of halogens is 2. The normalized spacial score (nSPS) is 20.8. The molecular formula is C16H21BrFN3O3. The van der Waals surface area contributed by atoms with Crippen molar-refractivity contribution < 1.29 is 18.7 Å². The van der Waals surface area contributed by atoms with Crippen molar-refractivity contribution in [3.63, 3.8) is 0 Å². The Morgan fingerprint density at radius 3 is 2.83 bits per heavy atom. The van der Waals surface area contributed by atoms with Crippen LogP contribution in [0.15, 0.2) is 22.9 Å². The molecule has 0 spiro atoms. The molecule has 2 rings (SSSR count). The standard InChI is InChI=1S/C16H21BrFN3O3/c1-16(2,3)24-15(23)21-9-11(18)7-12(21)14(22)20-8-10-4-5-19-13(17)6-10/h4-6,11-12H,7-9H2,1-3H3,(H,20,22)/t11-,12+/m1/s1. The van der Waals surface area contributed by atoms with Crippen LogP contribution in [0.25, 0.3) is 0 Å². The molecule has 2 heterocycles. The lowest BCUT2D eigenvalue weighted by molar-refractivity contribution is -0.125. The van der Waals surface area contributed by atoms with E-state index in [0.717, 1.165) is 10.5 Å². The van der Waals surface area contributed by atoms with E-state index < -0.39 is 29.8 Å². The summed E-state index contributed by atoms with van der Waals surface area (Å²) in [7, 11) is 0. The fourth-order valence-electron chi connectivity index (χ4n) is 2.42. The SMILES string of the molecule is CC(C)(C)OC(=O)N1C[C@H](F)C[C@H]1C(=O)NCc1ccnc(Br)c1. The number of hydrogen-bond acceptors (Lipinski definition) is 4. The fraction of sp³-hybridized carbons (Fsp3) is 0.562. The molecule has 0 aliphatic carbocycles. The monoisotopic (exact) mass is 401 g/mol. The molecule has 1 aromatic heterocycles. The molecule has 2 amide bonds. The molecule has 1 saturated heterocycles. The first kappa shape index (κ1) is 18.6. The molecule has 1 fully saturated rings. The minimum absolute atomic E-state index is 0.0227. The molecular weight excluding hydrogens is 381 g/mol. The molecule has 1 aliphatic rings. The lowest BCUT2D eigenvalue weighted by Gasteiger charge is -2.27. The van der Waals surface area contributed by atoms with Gasteiger partial charge in [-0.25, -0.2) is 14.2 Å². The predicted molar refractivity (Wildman–Crippen MR) is 90.0 cm³/mol. The average Bonchev–Trinajstić information content (AvgIpc) is 2.85. The van der Waals surface area contributed by atoms with Crippen molar-refractivity contribution in [1.29, 1.82) is 0 Å². The zero-order chi connectivity index (χ0) is 17.9. The molecule has 1 aromatic rings. The number of alkyl halides is 1. The predicted octanol–water partition coefficient (Wildman–Crippen LogP) is 2.81. The van der Waals surface area contributed by atoms with E-state index in [0.29, 0.717) is 4.60 Å². The zero-order valence-electron chi connectivity index (χ0n) is 13.9. The maximum atomic E-state index is 13.7. The number of aromatic nitrogens is 1. The average molecular weight is 402 g/mol. The number of pyridine rings is 1. The highest BCUT2D eigenvalue weighted by Gasteiger charge is 2.41. The molecule has 24 heavy (non-hydrogen) atoms. The first-order valence-electron chi connectivity index (χ1n) is 7.67. The van der Waals surface area contributed by atoms with Crippen molar-refractivity contribution in [2.45, 2.75) is 51.6 Å². The Hall–Kier alpha value is -1.70. The number of carbonyl (C=O) groups is 2. The van der Waals surface area contributed by atoms with E-state index in [-0.39, 0.29) is 19.5 Å². The van der Waals surface area contributed by atoms with Crippen molar-refractivity contribution in [3.8, 4) is 0 Å². The second kappa shape index (κ2) is 7.46. The van der Waals surface area contributed by atoms with Crippen LogP contribution in [0.3, 0.4) is 0 Å². The van der Waals surface area contributed by atoms with Gasteiger partial charge in [0.1, 0.15) is 22.4 Å². The highest BCUT2D eigenvalue weighted by molar-refractivity contribution is 9.10. The van der Waals surface area contributed by atoms with Gasteiger partial charge in [-0.3, -0.25) is 9.69 Å². The third-order valence-electron chi connectivity index (χ3n) is 3.44. The van der Waals surface area contributed by atoms with E-state index in [1.165, 1.54) is 0 Å². The second-order valence-corrected chi connectivity index (χ2v) is 7.50. The zero-order valence-corrected chi connectivity index (χ0v) is 15.5. The topological polar surface area (TPSA) is 71.5 Å². The van der Waals surface area contributed by atoms with Crippen molar-refractivity contribution in [2.75, 3.05) is 6.54 Å². The van der Waals surface area contributed by atoms with Crippen LogP contribution >= 0.6 is 15.9 Å². The van der Waals surface area contributed by atoms with Gasteiger partial charge in [-0.15, -0.1) is 0 Å². The van der Waals surface area contributed by atoms with Gasteiger partial charge >= 0.3 is 6.09 Å². The van der Waals surface area contributed by atoms with Crippen LogP contribution in [-0.4, -0.2) is 46.2 Å². The Morgan fingerprint density at radius 2 is 2.21 bits per heavy atom. The maximum Gasteiger partial charge on any atom is 0.411 e. The Morgan fingerprint density at radius 1 is 1.50 bits per heavy atom. The lowest BCUT2D eigenvalue weighted by atomic mass is 10.2. The summed E-state index contributed by atoms with van der Waals surface area (Å²) in [4.78, 5) is 29.7. The number of amides is 2. The van der Waals surface area contributed by atoms with E-state index >= 15 is 0 Å². The molecule has 0 unspecified atom stereocenters. The van der Waals surface area contributed by atoms with Crippen LogP contribution in [0.4, 0.5) is 9.18 Å². The molecule has 0 saturated carbocycles. The smallest absolute Gasteiger partial charge is 0.411 e. The Labute approximate surface area is 148 Å². The van der Waals surface area contributed by atoms with E-state index in [2.05, 4.69) is 26.2 Å². The van der Waals surface area contributed by atoms with E-state index in [9.17, 15) is 14.0 Å². The first-order valence-corrected chi connectivity index (χ1v) is 8.47. The van der Waals surface area contributed by atoms with Crippen LogP contribution in [0.5, 0.6) is 0 Å². The van der Waals surface area contributed by atoms with Crippen molar-refractivity contribution in [1.82, 2.24) is 15.2 Å². The summed E-state index contributed by atoms with van der Waals surface area (Å²) in [5.74, 6) is -0.394. The minimum Gasteiger partial charge on any atom is -0.444 e. The molecule has 6 nitrogen and oxygen atoms in total. The summed E-state index contributed by atoms with van der Waals surface area (Å²) in [5.41, 5.74) is 0.152. The maximum absolute atomic E-state index is 13.7. The molecule has 0 radical (unpaired) electrons. The van der Waals surface area contributed by atoms with Gasteiger partial charge in [0.2, 0.25) is 5.91 Å². The van der Waals surface area contributed by atoms with Gasteiger partial charge in [0, 0.05) is 19.2 Å².